The summed E-state index contributed by atoms with van der Waals surface area (Å²) in [4.78, 5) is 14.1. The Morgan fingerprint density at radius 2 is 1.58 bits per heavy atom. The number of carbonyl (C=O) groups excluding carboxylic acids is 1. The van der Waals surface area contributed by atoms with Crippen LogP contribution in [0.15, 0.2) is 102 Å². The average Bonchev–Trinajstić information content (AvgIpc) is 2.89. The monoisotopic (exact) mass is 745 g/mol. The molecule has 4 aromatic carbocycles. The maximum atomic E-state index is 13.6. The molecule has 0 amide bonds. The first-order chi connectivity index (χ1) is 17.0. The fourth-order valence-electron chi connectivity index (χ4n) is 3.37. The van der Waals surface area contributed by atoms with Gasteiger partial charge in [-0.15, -0.1) is 11.8 Å². The molecule has 0 saturated carbocycles. The van der Waals surface area contributed by atoms with E-state index in [9.17, 15) is 9.90 Å². The molecule has 1 radical (unpaired) electrons. The van der Waals surface area contributed by atoms with Crippen LogP contribution in [0.25, 0.3) is 0 Å². The molecule has 0 aromatic heterocycles. The molecular formula is C27H22ClO4PS2Tl. The van der Waals surface area contributed by atoms with Crippen molar-refractivity contribution in [2.45, 2.75) is 16.8 Å². The molecule has 9 heteroatoms. The van der Waals surface area contributed by atoms with Gasteiger partial charge in [-0.25, -0.2) is 0 Å². The zero-order valence-electron chi connectivity index (χ0n) is 19.0. The first kappa shape index (κ1) is 28.9. The maximum absolute atomic E-state index is 13.6. The second kappa shape index (κ2) is 14.3. The molecule has 0 bridgehead atoms. The Bertz CT molecular complexity index is 1280. The molecule has 0 aliphatic rings. The Morgan fingerprint density at radius 1 is 0.944 bits per heavy atom. The van der Waals surface area contributed by atoms with Crippen molar-refractivity contribution in [3.63, 3.8) is 0 Å². The number of rotatable bonds is 10. The van der Waals surface area contributed by atoms with Gasteiger partial charge in [0.05, 0.1) is 26.8 Å². The van der Waals surface area contributed by atoms with E-state index in [0.717, 1.165) is 22.8 Å². The summed E-state index contributed by atoms with van der Waals surface area (Å²) >= 11 is 8.76. The third kappa shape index (κ3) is 7.65. The van der Waals surface area contributed by atoms with Gasteiger partial charge in [-0.3, -0.25) is 4.79 Å². The Hall–Kier alpha value is -1.71. The molecule has 2 unspecified atom stereocenters. The number of aromatic hydroxyl groups is 1. The second-order valence-electron chi connectivity index (χ2n) is 7.50. The molecule has 0 spiro atoms. The summed E-state index contributed by atoms with van der Waals surface area (Å²) in [5, 5.41) is 10.4. The summed E-state index contributed by atoms with van der Waals surface area (Å²) in [7, 11) is 2.42. The van der Waals surface area contributed by atoms with E-state index in [1.807, 2.05) is 60.7 Å². The molecular weight excluding hydrogens is 723 g/mol. The third-order valence-corrected chi connectivity index (χ3v) is 7.29. The number of phenolic OH excluding ortho intramolecular Hbond substituents is 1. The van der Waals surface area contributed by atoms with Crippen LogP contribution in [0, 0.1) is 0 Å². The number of benzene rings is 4. The summed E-state index contributed by atoms with van der Waals surface area (Å²) in [5.41, 5.74) is 2.36. The van der Waals surface area contributed by atoms with Crippen LogP contribution in [-0.2, 0) is 6.61 Å². The molecule has 0 aliphatic heterocycles. The number of ether oxygens (including phenoxy) is 1. The zero-order valence-corrected chi connectivity index (χ0v) is 27.1. The van der Waals surface area contributed by atoms with E-state index in [1.165, 1.54) is 17.8 Å². The van der Waals surface area contributed by atoms with Gasteiger partial charge in [0.1, 0.15) is 23.9 Å². The smallest absolute Gasteiger partial charge is 0.180 e. The first-order valence-corrected chi connectivity index (χ1v) is 14.1. The Labute approximate surface area is 246 Å². The Balaban J connectivity index is 0.00000361. The SMILES string of the molecule is O=C(c1ccc(OSP)cc1)C(Sc1cc(OCc2ccccc2)c(Cl)cc1O)c1ccccc1.[Tl]. The molecule has 4 nitrogen and oxygen atoms in total. The Kier molecular flexibility index (Phi) is 11.5. The maximum Gasteiger partial charge on any atom is 0.180 e. The van der Waals surface area contributed by atoms with E-state index in [1.54, 1.807) is 30.3 Å². The molecule has 1 N–H and O–H groups in total. The minimum atomic E-state index is -0.590. The van der Waals surface area contributed by atoms with Crippen LogP contribution in [0.5, 0.6) is 17.2 Å². The number of thioether (sulfide) groups is 1. The van der Waals surface area contributed by atoms with Gasteiger partial charge in [-0.05, 0) is 49.9 Å². The fourth-order valence-corrected chi connectivity index (χ4v) is 5.29. The van der Waals surface area contributed by atoms with Crippen molar-refractivity contribution < 1.29 is 18.8 Å². The van der Waals surface area contributed by atoms with Crippen LogP contribution in [-0.4, -0.2) is 38.2 Å². The fraction of sp³-hybridized carbons (Fsp3) is 0.0741. The number of carbonyl (C=O) groups is 1. The summed E-state index contributed by atoms with van der Waals surface area (Å²) in [6.07, 6.45) is 0. The minimum absolute atomic E-state index is 0. The average molecular weight is 745 g/mol. The number of ketones is 1. The molecule has 0 heterocycles. The number of hydrogen-bond donors (Lipinski definition) is 1. The Morgan fingerprint density at radius 3 is 2.22 bits per heavy atom. The molecule has 4 rings (SSSR count). The van der Waals surface area contributed by atoms with Crippen molar-refractivity contribution >= 4 is 76.5 Å². The number of halogens is 1. The molecule has 181 valence electrons. The van der Waals surface area contributed by atoms with Crippen LogP contribution in [0.1, 0.15) is 26.7 Å². The van der Waals surface area contributed by atoms with E-state index >= 15 is 0 Å². The molecule has 4 aromatic rings. The molecule has 0 aliphatic carbocycles. The van der Waals surface area contributed by atoms with E-state index < -0.39 is 5.25 Å². The summed E-state index contributed by atoms with van der Waals surface area (Å²) in [6.45, 7) is 0.333. The van der Waals surface area contributed by atoms with Crippen LogP contribution < -0.4 is 8.92 Å². The van der Waals surface area contributed by atoms with Crippen LogP contribution in [0.3, 0.4) is 0 Å². The van der Waals surface area contributed by atoms with Crippen molar-refractivity contribution in [3.05, 3.63) is 119 Å². The van der Waals surface area contributed by atoms with Gasteiger partial charge in [0.2, 0.25) is 0 Å². The van der Waals surface area contributed by atoms with Crippen LogP contribution in [0.2, 0.25) is 5.02 Å². The van der Waals surface area contributed by atoms with Gasteiger partial charge >= 0.3 is 0 Å². The van der Waals surface area contributed by atoms with Crippen molar-refractivity contribution in [1.82, 2.24) is 0 Å². The molecule has 2 atom stereocenters. The van der Waals surface area contributed by atoms with Gasteiger partial charge in [-0.1, -0.05) is 72.3 Å². The quantitative estimate of drug-likeness (QED) is 0.0589. The minimum Gasteiger partial charge on any atom is -0.507 e. The van der Waals surface area contributed by atoms with Gasteiger partial charge in [0.25, 0.3) is 0 Å². The van der Waals surface area contributed by atoms with E-state index in [4.69, 9.17) is 20.5 Å². The molecule has 36 heavy (non-hydrogen) atoms. The van der Waals surface area contributed by atoms with Gasteiger partial charge in [0, 0.05) is 38.9 Å². The predicted octanol–water partition coefficient (Wildman–Crippen LogP) is 7.78. The topological polar surface area (TPSA) is 55.8 Å². The zero-order chi connectivity index (χ0) is 24.6. The third-order valence-electron chi connectivity index (χ3n) is 5.12. The summed E-state index contributed by atoms with van der Waals surface area (Å²) in [5.74, 6) is 0.988. The number of phenols is 1. The number of hydrogen-bond acceptors (Lipinski definition) is 6. The summed E-state index contributed by atoms with van der Waals surface area (Å²) < 4.78 is 11.3. The van der Waals surface area contributed by atoms with Crippen molar-refractivity contribution in [2.75, 3.05) is 0 Å². The van der Waals surface area contributed by atoms with Crippen LogP contribution in [0.4, 0.5) is 0 Å². The van der Waals surface area contributed by atoms with E-state index in [0.29, 0.717) is 33.6 Å². The van der Waals surface area contributed by atoms with Crippen molar-refractivity contribution in [1.29, 1.82) is 0 Å². The second-order valence-corrected chi connectivity index (χ2v) is 9.99. The van der Waals surface area contributed by atoms with Gasteiger partial charge in [0.15, 0.2) is 5.78 Å². The molecule has 0 saturated heterocycles. The van der Waals surface area contributed by atoms with Gasteiger partial charge < -0.3 is 14.0 Å². The van der Waals surface area contributed by atoms with Gasteiger partial charge in [-0.2, -0.15) is 0 Å². The predicted molar refractivity (Wildman–Crippen MR) is 153 cm³/mol. The standard InChI is InChI=1S/C27H22ClO4PS2.Tl/c28-22-15-23(29)25(16-24(22)31-17-18-7-3-1-4-8-18)34-27(20-9-5-2-6-10-20)26(30)19-11-13-21(14-12-19)32-35-33;/h1-16,27,29H,17,33H2;. The van der Waals surface area contributed by atoms with E-state index in [2.05, 4.69) is 8.44 Å². The van der Waals surface area contributed by atoms with Crippen LogP contribution >= 0.6 is 43.5 Å². The largest absolute Gasteiger partial charge is 0.507 e. The van der Waals surface area contributed by atoms with Crippen molar-refractivity contribution in [2.24, 2.45) is 0 Å². The number of Topliss-reactive ketones (excluding diaryl/α,β-unsaturated/α-hetero) is 1. The summed E-state index contributed by atoms with van der Waals surface area (Å²) in [6, 6.07) is 29.3. The van der Waals surface area contributed by atoms with E-state index in [-0.39, 0.29) is 38.8 Å². The van der Waals surface area contributed by atoms with Crippen molar-refractivity contribution in [3.8, 4) is 17.2 Å². The normalized spacial score (nSPS) is 11.3. The molecule has 0 fully saturated rings. The first-order valence-electron chi connectivity index (χ1n) is 10.6.